The maximum Gasteiger partial charge on any atom is 0.338 e. The summed E-state index contributed by atoms with van der Waals surface area (Å²) in [6, 6.07) is 4.77. The third-order valence-corrected chi connectivity index (χ3v) is 3.75. The Morgan fingerprint density at radius 2 is 2.11 bits per heavy atom. The van der Waals surface area contributed by atoms with E-state index in [1.807, 2.05) is 0 Å². The van der Waals surface area contributed by atoms with Gasteiger partial charge in [-0.25, -0.2) is 4.79 Å². The number of rotatable bonds is 3. The Labute approximate surface area is 117 Å². The molecule has 1 aromatic carbocycles. The highest BCUT2D eigenvalue weighted by molar-refractivity contribution is 6.33. The highest BCUT2D eigenvalue weighted by Crippen LogP contribution is 2.25. The van der Waals surface area contributed by atoms with Gasteiger partial charge in [-0.05, 0) is 37.5 Å². The molecule has 19 heavy (non-hydrogen) atoms. The second kappa shape index (κ2) is 6.26. The molecule has 2 N–H and O–H groups in total. The fourth-order valence-corrected chi connectivity index (χ4v) is 2.48. The Morgan fingerprint density at radius 1 is 1.37 bits per heavy atom. The molecule has 2 unspecified atom stereocenters. The van der Waals surface area contributed by atoms with Crippen LogP contribution >= 0.6 is 11.6 Å². The van der Waals surface area contributed by atoms with Crippen LogP contribution in [0.25, 0.3) is 0 Å². The van der Waals surface area contributed by atoms with Crippen LogP contribution in [0.2, 0.25) is 5.02 Å². The second-order valence-electron chi connectivity index (χ2n) is 4.79. The van der Waals surface area contributed by atoms with Gasteiger partial charge in [-0.2, -0.15) is 0 Å². The molecule has 1 aliphatic rings. The predicted molar refractivity (Wildman–Crippen MR) is 74.3 cm³/mol. The molecule has 2 atom stereocenters. The summed E-state index contributed by atoms with van der Waals surface area (Å²) in [6.45, 7) is 0. The first-order valence-corrected chi connectivity index (χ1v) is 6.76. The lowest BCUT2D eigenvalue weighted by Crippen LogP contribution is -2.29. The summed E-state index contributed by atoms with van der Waals surface area (Å²) in [4.78, 5) is 12.0. The van der Waals surface area contributed by atoms with Gasteiger partial charge in [-0.15, -0.1) is 0 Å². The van der Waals surface area contributed by atoms with E-state index < -0.39 is 0 Å². The molecule has 1 aliphatic carbocycles. The summed E-state index contributed by atoms with van der Waals surface area (Å²) < 4.78 is 10.8. The number of halogens is 1. The Balaban J connectivity index is 1.98. The Bertz CT molecular complexity index is 464. The molecule has 0 heterocycles. The highest BCUT2D eigenvalue weighted by Gasteiger charge is 2.25. The van der Waals surface area contributed by atoms with Crippen LogP contribution < -0.4 is 5.73 Å². The molecule has 2 rings (SSSR count). The molecule has 0 aromatic heterocycles. The summed E-state index contributed by atoms with van der Waals surface area (Å²) in [6.07, 6.45) is 3.78. The van der Waals surface area contributed by atoms with E-state index in [1.165, 1.54) is 6.07 Å². The third-order valence-electron chi connectivity index (χ3n) is 3.42. The van der Waals surface area contributed by atoms with Crippen LogP contribution in [0.1, 0.15) is 36.0 Å². The molecule has 1 fully saturated rings. The zero-order valence-corrected chi connectivity index (χ0v) is 11.7. The lowest BCUT2D eigenvalue weighted by molar-refractivity contribution is -0.0149. The van der Waals surface area contributed by atoms with Gasteiger partial charge in [0, 0.05) is 13.5 Å². The molecule has 5 heteroatoms. The van der Waals surface area contributed by atoms with E-state index in [0.717, 1.165) is 25.7 Å². The summed E-state index contributed by atoms with van der Waals surface area (Å²) in [7, 11) is 1.69. The van der Waals surface area contributed by atoms with Gasteiger partial charge < -0.3 is 15.2 Å². The molecule has 0 aliphatic heterocycles. The smallest absolute Gasteiger partial charge is 0.338 e. The summed E-state index contributed by atoms with van der Waals surface area (Å²) in [5.41, 5.74) is 6.49. The number of methoxy groups -OCH3 is 1. The molecule has 0 amide bonds. The normalized spacial score (nSPS) is 23.1. The molecule has 104 valence electrons. The van der Waals surface area contributed by atoms with Gasteiger partial charge in [0.2, 0.25) is 0 Å². The number of hydrogen-bond acceptors (Lipinski definition) is 4. The summed E-state index contributed by atoms with van der Waals surface area (Å²) >= 11 is 5.89. The van der Waals surface area contributed by atoms with Crippen molar-refractivity contribution in [3.8, 4) is 0 Å². The van der Waals surface area contributed by atoms with Gasteiger partial charge >= 0.3 is 5.97 Å². The molecule has 1 saturated carbocycles. The number of ether oxygens (including phenoxy) is 2. The van der Waals surface area contributed by atoms with E-state index in [0.29, 0.717) is 16.3 Å². The zero-order chi connectivity index (χ0) is 13.8. The maximum atomic E-state index is 12.0. The van der Waals surface area contributed by atoms with Gasteiger partial charge in [-0.3, -0.25) is 0 Å². The first-order valence-electron chi connectivity index (χ1n) is 6.39. The van der Waals surface area contributed by atoms with Crippen LogP contribution in [0.4, 0.5) is 5.69 Å². The largest absolute Gasteiger partial charge is 0.459 e. The van der Waals surface area contributed by atoms with E-state index in [9.17, 15) is 4.79 Å². The molecule has 0 spiro atoms. The van der Waals surface area contributed by atoms with Crippen molar-refractivity contribution in [1.29, 1.82) is 0 Å². The number of esters is 1. The average molecular weight is 284 g/mol. The standard InChI is InChI=1S/C14H18ClNO3/c1-18-10-3-2-4-11(8-10)19-14(17)9-5-6-13(16)12(15)7-9/h5-7,10-11H,2-4,8,16H2,1H3. The lowest BCUT2D eigenvalue weighted by Gasteiger charge is -2.27. The number of benzene rings is 1. The fraction of sp³-hybridized carbons (Fsp3) is 0.500. The number of hydrogen-bond donors (Lipinski definition) is 1. The van der Waals surface area contributed by atoms with Crippen LogP contribution in [-0.2, 0) is 9.47 Å². The van der Waals surface area contributed by atoms with E-state index in [-0.39, 0.29) is 18.2 Å². The van der Waals surface area contributed by atoms with Gasteiger partial charge in [0.15, 0.2) is 0 Å². The number of carbonyl (C=O) groups is 1. The molecular formula is C14H18ClNO3. The minimum Gasteiger partial charge on any atom is -0.459 e. The fourth-order valence-electron chi connectivity index (χ4n) is 2.30. The first kappa shape index (κ1) is 14.2. The van der Waals surface area contributed by atoms with Gasteiger partial charge in [-0.1, -0.05) is 11.6 Å². The van der Waals surface area contributed by atoms with Crippen molar-refractivity contribution in [3.05, 3.63) is 28.8 Å². The Morgan fingerprint density at radius 3 is 2.79 bits per heavy atom. The van der Waals surface area contributed by atoms with Gasteiger partial charge in [0.25, 0.3) is 0 Å². The van der Waals surface area contributed by atoms with E-state index in [4.69, 9.17) is 26.8 Å². The molecule has 0 radical (unpaired) electrons. The van der Waals surface area contributed by atoms with Crippen molar-refractivity contribution in [2.24, 2.45) is 0 Å². The van der Waals surface area contributed by atoms with Crippen LogP contribution in [0.5, 0.6) is 0 Å². The summed E-state index contributed by atoms with van der Waals surface area (Å²) in [5, 5.41) is 0.368. The second-order valence-corrected chi connectivity index (χ2v) is 5.20. The van der Waals surface area contributed by atoms with Crippen molar-refractivity contribution in [3.63, 3.8) is 0 Å². The molecule has 0 saturated heterocycles. The minimum absolute atomic E-state index is 0.0810. The van der Waals surface area contributed by atoms with E-state index in [1.54, 1.807) is 19.2 Å². The first-order chi connectivity index (χ1) is 9.10. The number of nitrogens with two attached hydrogens (primary N) is 1. The van der Waals surface area contributed by atoms with Crippen LogP contribution in [0.15, 0.2) is 18.2 Å². The van der Waals surface area contributed by atoms with E-state index >= 15 is 0 Å². The van der Waals surface area contributed by atoms with Crippen LogP contribution in [0, 0.1) is 0 Å². The molecule has 1 aromatic rings. The van der Waals surface area contributed by atoms with Gasteiger partial charge in [0.1, 0.15) is 6.10 Å². The van der Waals surface area contributed by atoms with Crippen molar-refractivity contribution in [2.45, 2.75) is 37.9 Å². The molecular weight excluding hydrogens is 266 g/mol. The van der Waals surface area contributed by atoms with Crippen LogP contribution in [0.3, 0.4) is 0 Å². The third kappa shape index (κ3) is 3.61. The monoisotopic (exact) mass is 283 g/mol. The Kier molecular flexibility index (Phi) is 4.66. The van der Waals surface area contributed by atoms with Crippen molar-refractivity contribution >= 4 is 23.3 Å². The Hall–Kier alpha value is -1.26. The van der Waals surface area contributed by atoms with Gasteiger partial charge in [0.05, 0.1) is 22.4 Å². The zero-order valence-electron chi connectivity index (χ0n) is 10.9. The van der Waals surface area contributed by atoms with Crippen molar-refractivity contribution < 1.29 is 14.3 Å². The number of anilines is 1. The lowest BCUT2D eigenvalue weighted by atomic mass is 9.95. The van der Waals surface area contributed by atoms with Crippen molar-refractivity contribution in [1.82, 2.24) is 0 Å². The predicted octanol–water partition coefficient (Wildman–Crippen LogP) is 3.04. The molecule has 4 nitrogen and oxygen atoms in total. The average Bonchev–Trinajstić information content (AvgIpc) is 2.42. The highest BCUT2D eigenvalue weighted by atomic mass is 35.5. The minimum atomic E-state index is -0.358. The topological polar surface area (TPSA) is 61.5 Å². The maximum absolute atomic E-state index is 12.0. The molecule has 0 bridgehead atoms. The SMILES string of the molecule is COC1CCCC(OC(=O)c2ccc(N)c(Cl)c2)C1. The van der Waals surface area contributed by atoms with Crippen molar-refractivity contribution in [2.75, 3.05) is 12.8 Å². The quantitative estimate of drug-likeness (QED) is 0.684. The number of nitrogen functional groups attached to an aromatic ring is 1. The number of carbonyl (C=O) groups excluding carboxylic acids is 1. The van der Waals surface area contributed by atoms with Crippen LogP contribution in [-0.4, -0.2) is 25.3 Å². The summed E-state index contributed by atoms with van der Waals surface area (Å²) in [5.74, 6) is -0.358. The van der Waals surface area contributed by atoms with E-state index in [2.05, 4.69) is 0 Å².